The minimum atomic E-state index is 1.13. The summed E-state index contributed by atoms with van der Waals surface area (Å²) in [5, 5.41) is 0. The normalized spacial score (nSPS) is 11.4. The molecule has 0 aliphatic rings. The van der Waals surface area contributed by atoms with E-state index in [1.807, 2.05) is 45.2 Å². The maximum atomic E-state index is 3.89. The van der Waals surface area contributed by atoms with Crippen molar-refractivity contribution in [1.82, 2.24) is 4.57 Å². The maximum absolute atomic E-state index is 3.89. The predicted octanol–water partition coefficient (Wildman–Crippen LogP) is 4.38. The van der Waals surface area contributed by atoms with Crippen molar-refractivity contribution in [3.8, 4) is 0 Å². The predicted molar refractivity (Wildman–Crippen MR) is 75.0 cm³/mol. The molecular formula is C15H19N. The third-order valence-corrected chi connectivity index (χ3v) is 2.62. The molecule has 0 aliphatic heterocycles. The van der Waals surface area contributed by atoms with Crippen molar-refractivity contribution in [2.24, 2.45) is 7.05 Å². The second-order valence-electron chi connectivity index (χ2n) is 3.57. The molecule has 16 heavy (non-hydrogen) atoms. The van der Waals surface area contributed by atoms with Gasteiger partial charge in [-0.2, -0.15) is 0 Å². The van der Waals surface area contributed by atoms with Gasteiger partial charge in [-0.1, -0.05) is 37.5 Å². The lowest BCUT2D eigenvalue weighted by Gasteiger charge is -2.00. The first-order valence-electron chi connectivity index (χ1n) is 5.44. The lowest BCUT2D eigenvalue weighted by Crippen LogP contribution is -1.93. The van der Waals surface area contributed by atoms with Gasteiger partial charge in [-0.05, 0) is 26.0 Å². The van der Waals surface area contributed by atoms with E-state index in [1.54, 1.807) is 0 Å². The van der Waals surface area contributed by atoms with Crippen LogP contribution in [0.4, 0.5) is 0 Å². The van der Waals surface area contributed by atoms with Crippen molar-refractivity contribution in [2.75, 3.05) is 0 Å². The molecule has 0 saturated carbocycles. The molecule has 0 unspecified atom stereocenters. The van der Waals surface area contributed by atoms with Crippen LogP contribution in [0.25, 0.3) is 24.3 Å². The lowest BCUT2D eigenvalue weighted by atomic mass is 10.1. The van der Waals surface area contributed by atoms with E-state index in [2.05, 4.69) is 29.9 Å². The van der Waals surface area contributed by atoms with E-state index < -0.39 is 0 Å². The Morgan fingerprint density at radius 3 is 1.94 bits per heavy atom. The quantitative estimate of drug-likeness (QED) is 0.699. The summed E-state index contributed by atoms with van der Waals surface area (Å²) in [5.41, 5.74) is 4.64. The number of hydrogen-bond donors (Lipinski definition) is 0. The first-order valence-corrected chi connectivity index (χ1v) is 5.44. The van der Waals surface area contributed by atoms with E-state index in [9.17, 15) is 0 Å². The topological polar surface area (TPSA) is 4.93 Å². The van der Waals surface area contributed by atoms with Gasteiger partial charge >= 0.3 is 0 Å². The minimum Gasteiger partial charge on any atom is -0.344 e. The van der Waals surface area contributed by atoms with E-state index in [1.165, 1.54) is 11.3 Å². The molecule has 1 aromatic heterocycles. The molecule has 0 amide bonds. The molecule has 0 atom stereocenters. The Bertz CT molecular complexity index is 456. The Kier molecular flexibility index (Phi) is 4.12. The molecule has 1 nitrogen and oxygen atoms in total. The summed E-state index contributed by atoms with van der Waals surface area (Å²) in [6.45, 7) is 11.8. The Labute approximate surface area is 98.1 Å². The fraction of sp³-hybridized carbons (Fsp3) is 0.200. The monoisotopic (exact) mass is 213 g/mol. The minimum absolute atomic E-state index is 1.13. The summed E-state index contributed by atoms with van der Waals surface area (Å²) in [6.07, 6.45) is 12.1. The highest BCUT2D eigenvalue weighted by atomic mass is 15.0. The van der Waals surface area contributed by atoms with Crippen LogP contribution in [0.2, 0.25) is 0 Å². The molecular weight excluding hydrogens is 194 g/mol. The summed E-state index contributed by atoms with van der Waals surface area (Å²) in [5.74, 6) is 0. The van der Waals surface area contributed by atoms with Gasteiger partial charge in [0.25, 0.3) is 0 Å². The smallest absolute Gasteiger partial charge is 0.0485 e. The van der Waals surface area contributed by atoms with Gasteiger partial charge in [-0.15, -0.1) is 0 Å². The van der Waals surface area contributed by atoms with Gasteiger partial charge < -0.3 is 4.57 Å². The van der Waals surface area contributed by atoms with Crippen molar-refractivity contribution in [3.05, 3.63) is 47.8 Å². The van der Waals surface area contributed by atoms with Crippen LogP contribution in [0.15, 0.2) is 25.3 Å². The number of hydrogen-bond acceptors (Lipinski definition) is 0. The van der Waals surface area contributed by atoms with Gasteiger partial charge in [-0.25, -0.2) is 0 Å². The summed E-state index contributed by atoms with van der Waals surface area (Å²) in [4.78, 5) is 0. The van der Waals surface area contributed by atoms with E-state index in [4.69, 9.17) is 0 Å². The zero-order chi connectivity index (χ0) is 12.1. The van der Waals surface area contributed by atoms with Crippen LogP contribution < -0.4 is 0 Å². The Balaban J connectivity index is 3.63. The van der Waals surface area contributed by atoms with Crippen molar-refractivity contribution < 1.29 is 0 Å². The number of aromatic nitrogens is 1. The molecule has 0 fully saturated rings. The number of rotatable bonds is 4. The van der Waals surface area contributed by atoms with Gasteiger partial charge in [0, 0.05) is 29.6 Å². The Morgan fingerprint density at radius 1 is 0.875 bits per heavy atom. The molecule has 0 bridgehead atoms. The summed E-state index contributed by atoms with van der Waals surface area (Å²) in [6, 6.07) is 0. The van der Waals surface area contributed by atoms with Gasteiger partial charge in [-0.3, -0.25) is 0 Å². The second kappa shape index (κ2) is 5.36. The van der Waals surface area contributed by atoms with Crippen LogP contribution in [0.3, 0.4) is 0 Å². The van der Waals surface area contributed by atoms with Gasteiger partial charge in [0.05, 0.1) is 0 Å². The first-order chi connectivity index (χ1) is 7.71. The molecule has 1 heteroatoms. The molecule has 0 radical (unpaired) electrons. The maximum Gasteiger partial charge on any atom is 0.0485 e. The molecule has 0 N–H and O–H groups in total. The largest absolute Gasteiger partial charge is 0.344 e. The van der Waals surface area contributed by atoms with Gasteiger partial charge in [0.1, 0.15) is 0 Å². The van der Waals surface area contributed by atoms with Crippen LogP contribution in [0.5, 0.6) is 0 Å². The van der Waals surface area contributed by atoms with Crippen LogP contribution in [-0.4, -0.2) is 4.57 Å². The van der Waals surface area contributed by atoms with Crippen LogP contribution in [0.1, 0.15) is 36.4 Å². The molecule has 0 saturated heterocycles. The zero-order valence-corrected chi connectivity index (χ0v) is 10.3. The van der Waals surface area contributed by atoms with Crippen molar-refractivity contribution in [1.29, 1.82) is 0 Å². The number of allylic oxidation sites excluding steroid dienone is 2. The SMILES string of the molecule is C=Cc1c(/C=C\C)c(C=C)n(C)c1/C=C\C. The number of nitrogens with zero attached hydrogens (tertiary/aromatic N) is 1. The van der Waals surface area contributed by atoms with Crippen LogP contribution in [0, 0.1) is 0 Å². The van der Waals surface area contributed by atoms with E-state index in [0.717, 1.165) is 11.3 Å². The standard InChI is InChI=1S/C15H19N/c1-6-10-13-12(8-3)15(11-7-2)16(5)14(13)9-4/h6-11H,3-4H2,1-2,5H3/b10-6-,11-7-. The summed E-state index contributed by atoms with van der Waals surface area (Å²) < 4.78 is 2.14. The molecule has 0 spiro atoms. The van der Waals surface area contributed by atoms with Crippen molar-refractivity contribution in [2.45, 2.75) is 13.8 Å². The summed E-state index contributed by atoms with van der Waals surface area (Å²) >= 11 is 0. The fourth-order valence-electron chi connectivity index (χ4n) is 1.93. The van der Waals surface area contributed by atoms with Crippen LogP contribution in [-0.2, 0) is 7.05 Å². The Hall–Kier alpha value is -1.76. The molecule has 1 aromatic rings. The third kappa shape index (κ3) is 1.94. The van der Waals surface area contributed by atoms with Gasteiger partial charge in [0.15, 0.2) is 0 Å². The van der Waals surface area contributed by atoms with Crippen LogP contribution >= 0.6 is 0 Å². The third-order valence-electron chi connectivity index (χ3n) is 2.62. The highest BCUT2D eigenvalue weighted by Crippen LogP contribution is 2.26. The Morgan fingerprint density at radius 2 is 1.50 bits per heavy atom. The molecule has 84 valence electrons. The van der Waals surface area contributed by atoms with Gasteiger partial charge in [0.2, 0.25) is 0 Å². The summed E-state index contributed by atoms with van der Waals surface area (Å²) in [7, 11) is 2.05. The zero-order valence-electron chi connectivity index (χ0n) is 10.3. The molecule has 1 rings (SSSR count). The van der Waals surface area contributed by atoms with Crippen molar-refractivity contribution in [3.63, 3.8) is 0 Å². The lowest BCUT2D eigenvalue weighted by molar-refractivity contribution is 0.901. The molecule has 1 heterocycles. The van der Waals surface area contributed by atoms with Crippen molar-refractivity contribution >= 4 is 24.3 Å². The molecule has 0 aromatic carbocycles. The average Bonchev–Trinajstić information content (AvgIpc) is 2.53. The van der Waals surface area contributed by atoms with E-state index in [0.29, 0.717) is 0 Å². The fourth-order valence-corrected chi connectivity index (χ4v) is 1.93. The van der Waals surface area contributed by atoms with E-state index >= 15 is 0 Å². The van der Waals surface area contributed by atoms with E-state index in [-0.39, 0.29) is 0 Å². The highest BCUT2D eigenvalue weighted by Gasteiger charge is 2.12. The molecule has 0 aliphatic carbocycles. The average molecular weight is 213 g/mol. The highest BCUT2D eigenvalue weighted by molar-refractivity contribution is 5.78. The second-order valence-corrected chi connectivity index (χ2v) is 3.57. The first kappa shape index (κ1) is 12.3.